The molecule has 0 aliphatic heterocycles. The number of hydrogen-bond donors (Lipinski definition) is 1. The predicted octanol–water partition coefficient (Wildman–Crippen LogP) is 1.86. The van der Waals surface area contributed by atoms with Crippen molar-refractivity contribution in [3.05, 3.63) is 59.2 Å². The van der Waals surface area contributed by atoms with Gasteiger partial charge in [-0.1, -0.05) is 17.3 Å². The second-order valence-corrected chi connectivity index (χ2v) is 6.91. The summed E-state index contributed by atoms with van der Waals surface area (Å²) < 4.78 is 6.78. The number of aromatic nitrogens is 3. The fourth-order valence-electron chi connectivity index (χ4n) is 3.05. The lowest BCUT2D eigenvalue weighted by Gasteiger charge is -2.20. The van der Waals surface area contributed by atoms with Gasteiger partial charge in [0.1, 0.15) is 11.5 Å². The largest absolute Gasteiger partial charge is 0.508 e. The molecule has 2 heterocycles. The van der Waals surface area contributed by atoms with Crippen LogP contribution in [-0.2, 0) is 22.7 Å². The summed E-state index contributed by atoms with van der Waals surface area (Å²) in [5, 5.41) is 17.7. The van der Waals surface area contributed by atoms with Gasteiger partial charge in [0, 0.05) is 18.3 Å². The molecule has 0 unspecified atom stereocenters. The quantitative estimate of drug-likeness (QED) is 0.579. The SMILES string of the molecule is Cc1noc(C)c1Cn1cc(N(C=O)C(=O)CN(C)Cc2cccc(O)c2)cn1. The summed E-state index contributed by atoms with van der Waals surface area (Å²) in [5.41, 5.74) is 2.94. The van der Waals surface area contributed by atoms with E-state index in [9.17, 15) is 14.7 Å². The number of aromatic hydroxyl groups is 1. The fourth-order valence-corrected chi connectivity index (χ4v) is 3.05. The smallest absolute Gasteiger partial charge is 0.247 e. The van der Waals surface area contributed by atoms with Crippen LogP contribution in [-0.4, -0.2) is 50.9 Å². The van der Waals surface area contributed by atoms with E-state index in [2.05, 4.69) is 10.3 Å². The normalized spacial score (nSPS) is 11.0. The number of carbonyl (C=O) groups excluding carboxylic acids is 2. The third-order valence-corrected chi connectivity index (χ3v) is 4.54. The molecule has 0 atom stereocenters. The predicted molar refractivity (Wildman–Crippen MR) is 105 cm³/mol. The summed E-state index contributed by atoms with van der Waals surface area (Å²) in [6, 6.07) is 6.82. The number of amides is 2. The fraction of sp³-hybridized carbons (Fsp3) is 0.300. The summed E-state index contributed by atoms with van der Waals surface area (Å²) >= 11 is 0. The van der Waals surface area contributed by atoms with Crippen molar-refractivity contribution in [1.82, 2.24) is 19.8 Å². The monoisotopic (exact) mass is 397 g/mol. The van der Waals surface area contributed by atoms with Gasteiger partial charge in [-0.05, 0) is 38.6 Å². The molecule has 1 N–H and O–H groups in total. The Balaban J connectivity index is 1.65. The highest BCUT2D eigenvalue weighted by Gasteiger charge is 2.19. The van der Waals surface area contributed by atoms with Gasteiger partial charge in [-0.15, -0.1) is 0 Å². The molecule has 9 heteroatoms. The Bertz CT molecular complexity index is 990. The Morgan fingerprint density at radius 3 is 2.79 bits per heavy atom. The maximum Gasteiger partial charge on any atom is 0.247 e. The van der Waals surface area contributed by atoms with Crippen molar-refractivity contribution < 1.29 is 19.2 Å². The van der Waals surface area contributed by atoms with Crippen molar-refractivity contribution in [3.63, 3.8) is 0 Å². The average molecular weight is 397 g/mol. The number of hydrogen-bond acceptors (Lipinski definition) is 7. The number of imide groups is 1. The van der Waals surface area contributed by atoms with E-state index in [-0.39, 0.29) is 18.2 Å². The van der Waals surface area contributed by atoms with Crippen LogP contribution in [0, 0.1) is 13.8 Å². The van der Waals surface area contributed by atoms with E-state index >= 15 is 0 Å². The Labute approximate surface area is 168 Å². The second kappa shape index (κ2) is 8.70. The maximum atomic E-state index is 12.6. The third-order valence-electron chi connectivity index (χ3n) is 4.54. The molecule has 0 radical (unpaired) electrons. The van der Waals surface area contributed by atoms with E-state index in [0.717, 1.165) is 21.7 Å². The molecule has 9 nitrogen and oxygen atoms in total. The van der Waals surface area contributed by atoms with Gasteiger partial charge in [0.25, 0.3) is 0 Å². The molecule has 2 amide bonds. The van der Waals surface area contributed by atoms with Gasteiger partial charge in [0.15, 0.2) is 0 Å². The van der Waals surface area contributed by atoms with Crippen molar-refractivity contribution in [3.8, 4) is 5.75 Å². The van der Waals surface area contributed by atoms with Crippen LogP contribution in [0.1, 0.15) is 22.6 Å². The van der Waals surface area contributed by atoms with Crippen LogP contribution in [0.3, 0.4) is 0 Å². The lowest BCUT2D eigenvalue weighted by molar-refractivity contribution is -0.122. The number of benzene rings is 1. The van der Waals surface area contributed by atoms with Gasteiger partial charge < -0.3 is 9.63 Å². The first-order valence-electron chi connectivity index (χ1n) is 9.05. The summed E-state index contributed by atoms with van der Waals surface area (Å²) in [6.45, 7) is 4.59. The summed E-state index contributed by atoms with van der Waals surface area (Å²) in [6.07, 6.45) is 3.59. The summed E-state index contributed by atoms with van der Waals surface area (Å²) in [7, 11) is 1.77. The molecule has 0 aliphatic carbocycles. The lowest BCUT2D eigenvalue weighted by Crippen LogP contribution is -2.38. The molecule has 0 spiro atoms. The van der Waals surface area contributed by atoms with Crippen LogP contribution in [0.5, 0.6) is 5.75 Å². The van der Waals surface area contributed by atoms with Crippen LogP contribution in [0.15, 0.2) is 41.2 Å². The molecule has 3 aromatic rings. The van der Waals surface area contributed by atoms with E-state index in [1.165, 1.54) is 6.20 Å². The number of nitrogens with zero attached hydrogens (tertiary/aromatic N) is 5. The molecule has 0 saturated carbocycles. The standard InChI is InChI=1S/C20H23N5O4/c1-14-19(15(2)29-22-14)11-24-10-17(8-21-24)25(13-26)20(28)12-23(3)9-16-5-4-6-18(27)7-16/h4-8,10,13,27H,9,11-12H2,1-3H3. The lowest BCUT2D eigenvalue weighted by atomic mass is 10.2. The van der Waals surface area contributed by atoms with Gasteiger partial charge in [0.2, 0.25) is 12.3 Å². The Morgan fingerprint density at radius 2 is 2.14 bits per heavy atom. The van der Waals surface area contributed by atoms with Crippen LogP contribution in [0.4, 0.5) is 5.69 Å². The van der Waals surface area contributed by atoms with Crippen molar-refractivity contribution in [2.24, 2.45) is 0 Å². The van der Waals surface area contributed by atoms with Gasteiger partial charge in [-0.25, -0.2) is 4.90 Å². The number of anilines is 1. The van der Waals surface area contributed by atoms with Crippen molar-refractivity contribution in [2.75, 3.05) is 18.5 Å². The van der Waals surface area contributed by atoms with Crippen LogP contribution in [0.2, 0.25) is 0 Å². The number of rotatable bonds is 8. The zero-order chi connectivity index (χ0) is 21.0. The molecule has 0 bridgehead atoms. The van der Waals surface area contributed by atoms with Gasteiger partial charge in [0.05, 0.1) is 30.7 Å². The minimum atomic E-state index is -0.375. The first-order valence-corrected chi connectivity index (χ1v) is 9.05. The minimum absolute atomic E-state index is 0.0312. The third kappa shape index (κ3) is 4.88. The van der Waals surface area contributed by atoms with Crippen LogP contribution < -0.4 is 4.90 Å². The molecule has 1 aromatic carbocycles. The topological polar surface area (TPSA) is 105 Å². The molecule has 3 rings (SSSR count). The number of phenolic OH excluding ortho intramolecular Hbond substituents is 1. The van der Waals surface area contributed by atoms with Crippen molar-refractivity contribution in [2.45, 2.75) is 26.9 Å². The second-order valence-electron chi connectivity index (χ2n) is 6.91. The zero-order valence-corrected chi connectivity index (χ0v) is 16.6. The number of phenols is 1. The highest BCUT2D eigenvalue weighted by molar-refractivity contribution is 6.07. The van der Waals surface area contributed by atoms with Gasteiger partial charge >= 0.3 is 0 Å². The molecular weight excluding hydrogens is 374 g/mol. The van der Waals surface area contributed by atoms with Crippen molar-refractivity contribution in [1.29, 1.82) is 0 Å². The molecule has 29 heavy (non-hydrogen) atoms. The number of carbonyl (C=O) groups is 2. The first-order chi connectivity index (χ1) is 13.9. The molecular formula is C20H23N5O4. The molecule has 0 fully saturated rings. The molecule has 2 aromatic heterocycles. The Kier molecular flexibility index (Phi) is 6.08. The van der Waals surface area contributed by atoms with E-state index < -0.39 is 0 Å². The Hall–Kier alpha value is -3.46. The van der Waals surface area contributed by atoms with E-state index in [1.807, 2.05) is 19.9 Å². The first kappa shape index (κ1) is 20.3. The highest BCUT2D eigenvalue weighted by atomic mass is 16.5. The molecule has 152 valence electrons. The van der Waals surface area contributed by atoms with E-state index in [4.69, 9.17) is 4.52 Å². The average Bonchev–Trinajstić information content (AvgIpc) is 3.24. The van der Waals surface area contributed by atoms with Crippen LogP contribution >= 0.6 is 0 Å². The van der Waals surface area contributed by atoms with E-state index in [1.54, 1.807) is 41.0 Å². The zero-order valence-electron chi connectivity index (χ0n) is 16.6. The van der Waals surface area contributed by atoms with E-state index in [0.29, 0.717) is 30.9 Å². The number of aryl methyl sites for hydroxylation is 2. The summed E-state index contributed by atoms with van der Waals surface area (Å²) in [5.74, 6) is 0.499. The van der Waals surface area contributed by atoms with Crippen molar-refractivity contribution >= 4 is 18.0 Å². The van der Waals surface area contributed by atoms with Gasteiger partial charge in [-0.3, -0.25) is 19.2 Å². The highest BCUT2D eigenvalue weighted by Crippen LogP contribution is 2.17. The summed E-state index contributed by atoms with van der Waals surface area (Å²) in [4.78, 5) is 27.0. The number of likely N-dealkylation sites (N-methyl/N-ethyl adjacent to an activating group) is 1. The van der Waals surface area contributed by atoms with Crippen LogP contribution in [0.25, 0.3) is 0 Å². The Morgan fingerprint density at radius 1 is 1.34 bits per heavy atom. The minimum Gasteiger partial charge on any atom is -0.508 e. The van der Waals surface area contributed by atoms with Gasteiger partial charge in [-0.2, -0.15) is 5.10 Å². The molecule has 0 aliphatic rings. The maximum absolute atomic E-state index is 12.6. The molecule has 0 saturated heterocycles.